The molecule has 0 saturated carbocycles. The first-order valence-electron chi connectivity index (χ1n) is 6.84. The van der Waals surface area contributed by atoms with Gasteiger partial charge in [-0.1, -0.05) is 6.07 Å². The number of pyridine rings is 1. The monoisotopic (exact) mass is 303 g/mol. The van der Waals surface area contributed by atoms with E-state index in [2.05, 4.69) is 30.6 Å². The van der Waals surface area contributed by atoms with Crippen molar-refractivity contribution < 1.29 is 0 Å². The summed E-state index contributed by atoms with van der Waals surface area (Å²) in [6.45, 7) is 5.42. The van der Waals surface area contributed by atoms with Gasteiger partial charge in [-0.2, -0.15) is 0 Å². The molecule has 0 saturated heterocycles. The van der Waals surface area contributed by atoms with Crippen LogP contribution in [-0.2, 0) is 13.1 Å². The second-order valence-electron chi connectivity index (χ2n) is 4.88. The number of hydrogen-bond donors (Lipinski definition) is 1. The third-order valence-corrected chi connectivity index (χ3v) is 3.84. The van der Waals surface area contributed by atoms with Crippen LogP contribution in [0.25, 0.3) is 0 Å². The number of thiazole rings is 1. The quantitative estimate of drug-likeness (QED) is 0.696. The van der Waals surface area contributed by atoms with Gasteiger partial charge >= 0.3 is 0 Å². The number of nitrogens with zero attached hydrogens (tertiary/aromatic N) is 4. The van der Waals surface area contributed by atoms with Gasteiger partial charge in [0.1, 0.15) is 0 Å². The average Bonchev–Trinajstić information content (AvgIpc) is 2.85. The van der Waals surface area contributed by atoms with E-state index >= 15 is 0 Å². The molecule has 0 aliphatic heterocycles. The largest absolute Gasteiger partial charge is 0.351 e. The Hall–Kier alpha value is -1.95. The van der Waals surface area contributed by atoms with Crippen molar-refractivity contribution in [3.8, 4) is 0 Å². The first-order chi connectivity index (χ1) is 10.1. The summed E-state index contributed by atoms with van der Waals surface area (Å²) in [4.78, 5) is 15.3. The number of aryl methyl sites for hydroxylation is 2. The third kappa shape index (κ3) is 4.53. The van der Waals surface area contributed by atoms with Crippen molar-refractivity contribution in [2.45, 2.75) is 26.9 Å². The highest BCUT2D eigenvalue weighted by Gasteiger charge is 2.08. The standard InChI is InChI=1S/C15H21N5S/c1-11-6-5-7-13(18-11)8-17-15(16-3)20(4)9-14-10-21-12(2)19-14/h5-7,10H,8-9H2,1-4H3,(H,16,17). The zero-order chi connectivity index (χ0) is 15.2. The highest BCUT2D eigenvalue weighted by atomic mass is 32.1. The van der Waals surface area contributed by atoms with Crippen LogP contribution in [0.4, 0.5) is 0 Å². The van der Waals surface area contributed by atoms with Crippen LogP contribution in [-0.4, -0.2) is 34.9 Å². The summed E-state index contributed by atoms with van der Waals surface area (Å²) in [5.41, 5.74) is 3.10. The Kier molecular flexibility index (Phi) is 5.27. The van der Waals surface area contributed by atoms with Gasteiger partial charge in [-0.25, -0.2) is 4.98 Å². The molecule has 1 N–H and O–H groups in total. The molecule has 0 bridgehead atoms. The van der Waals surface area contributed by atoms with E-state index in [1.165, 1.54) is 0 Å². The minimum absolute atomic E-state index is 0.661. The Morgan fingerprint density at radius 2 is 2.10 bits per heavy atom. The molecule has 0 unspecified atom stereocenters. The Morgan fingerprint density at radius 1 is 1.29 bits per heavy atom. The number of aliphatic imine (C=N–C) groups is 1. The van der Waals surface area contributed by atoms with E-state index in [1.807, 2.05) is 39.1 Å². The predicted molar refractivity (Wildman–Crippen MR) is 87.5 cm³/mol. The number of rotatable bonds is 4. The van der Waals surface area contributed by atoms with Gasteiger partial charge in [0.25, 0.3) is 0 Å². The SMILES string of the molecule is CN=C(NCc1cccc(C)n1)N(C)Cc1csc(C)n1. The zero-order valence-electron chi connectivity index (χ0n) is 12.9. The molecule has 2 aromatic heterocycles. The molecule has 2 rings (SSSR count). The van der Waals surface area contributed by atoms with Crippen LogP contribution in [0, 0.1) is 13.8 Å². The molecule has 0 aliphatic carbocycles. The molecular formula is C15H21N5S. The summed E-state index contributed by atoms with van der Waals surface area (Å²) in [7, 11) is 3.79. The number of nitrogens with one attached hydrogen (secondary N) is 1. The smallest absolute Gasteiger partial charge is 0.194 e. The first-order valence-corrected chi connectivity index (χ1v) is 7.72. The van der Waals surface area contributed by atoms with E-state index in [0.29, 0.717) is 6.54 Å². The fraction of sp³-hybridized carbons (Fsp3) is 0.400. The minimum atomic E-state index is 0.661. The summed E-state index contributed by atoms with van der Waals surface area (Å²) in [5, 5.41) is 6.50. The molecule has 0 amide bonds. The van der Waals surface area contributed by atoms with Gasteiger partial charge in [-0.15, -0.1) is 11.3 Å². The summed E-state index contributed by atoms with van der Waals surface area (Å²) < 4.78 is 0. The van der Waals surface area contributed by atoms with Crippen molar-refractivity contribution in [2.24, 2.45) is 4.99 Å². The molecule has 0 atom stereocenters. The molecule has 0 spiro atoms. The minimum Gasteiger partial charge on any atom is -0.351 e. The number of guanidine groups is 1. The molecular weight excluding hydrogens is 282 g/mol. The van der Waals surface area contributed by atoms with Gasteiger partial charge in [0.15, 0.2) is 5.96 Å². The lowest BCUT2D eigenvalue weighted by atomic mass is 10.3. The maximum atomic E-state index is 4.48. The van der Waals surface area contributed by atoms with Crippen LogP contribution in [0.1, 0.15) is 22.1 Å². The van der Waals surface area contributed by atoms with Crippen LogP contribution < -0.4 is 5.32 Å². The van der Waals surface area contributed by atoms with E-state index in [-0.39, 0.29) is 0 Å². The number of aromatic nitrogens is 2. The Balaban J connectivity index is 1.93. The van der Waals surface area contributed by atoms with Crippen molar-refractivity contribution in [1.82, 2.24) is 20.2 Å². The number of hydrogen-bond acceptors (Lipinski definition) is 4. The van der Waals surface area contributed by atoms with Crippen molar-refractivity contribution in [3.05, 3.63) is 45.7 Å². The van der Waals surface area contributed by atoms with Gasteiger partial charge in [-0.3, -0.25) is 9.98 Å². The molecule has 5 nitrogen and oxygen atoms in total. The molecule has 0 aromatic carbocycles. The normalized spacial score (nSPS) is 11.5. The van der Waals surface area contributed by atoms with Crippen LogP contribution in [0.15, 0.2) is 28.6 Å². The molecule has 112 valence electrons. The van der Waals surface area contributed by atoms with Gasteiger partial charge in [-0.05, 0) is 26.0 Å². The Bertz CT molecular complexity index is 620. The summed E-state index contributed by atoms with van der Waals surface area (Å²) in [5.74, 6) is 0.837. The van der Waals surface area contributed by atoms with Crippen LogP contribution >= 0.6 is 11.3 Å². The molecule has 21 heavy (non-hydrogen) atoms. The highest BCUT2D eigenvalue weighted by molar-refractivity contribution is 7.09. The lowest BCUT2D eigenvalue weighted by Crippen LogP contribution is -2.38. The average molecular weight is 303 g/mol. The summed E-state index contributed by atoms with van der Waals surface area (Å²) >= 11 is 1.67. The molecule has 0 fully saturated rings. The highest BCUT2D eigenvalue weighted by Crippen LogP contribution is 2.09. The van der Waals surface area contributed by atoms with Gasteiger partial charge in [0.05, 0.1) is 29.5 Å². The van der Waals surface area contributed by atoms with E-state index < -0.39 is 0 Å². The molecule has 0 radical (unpaired) electrons. The molecule has 2 aromatic rings. The fourth-order valence-corrected chi connectivity index (χ4v) is 2.65. The third-order valence-electron chi connectivity index (χ3n) is 3.01. The van der Waals surface area contributed by atoms with E-state index in [1.54, 1.807) is 18.4 Å². The van der Waals surface area contributed by atoms with Crippen LogP contribution in [0.3, 0.4) is 0 Å². The summed E-state index contributed by atoms with van der Waals surface area (Å²) in [6, 6.07) is 6.02. The molecule has 6 heteroatoms. The summed E-state index contributed by atoms with van der Waals surface area (Å²) in [6.07, 6.45) is 0. The maximum Gasteiger partial charge on any atom is 0.194 e. The zero-order valence-corrected chi connectivity index (χ0v) is 13.7. The predicted octanol–water partition coefficient (Wildman–Crippen LogP) is 2.36. The lowest BCUT2D eigenvalue weighted by molar-refractivity contribution is 0.470. The molecule has 0 aliphatic rings. The fourth-order valence-electron chi connectivity index (χ4n) is 2.05. The Labute approximate surface area is 129 Å². The van der Waals surface area contributed by atoms with Gasteiger partial charge in [0, 0.05) is 25.2 Å². The van der Waals surface area contributed by atoms with Crippen molar-refractivity contribution in [2.75, 3.05) is 14.1 Å². The Morgan fingerprint density at radius 3 is 2.71 bits per heavy atom. The lowest BCUT2D eigenvalue weighted by Gasteiger charge is -2.21. The van der Waals surface area contributed by atoms with E-state index in [4.69, 9.17) is 0 Å². The molecule has 2 heterocycles. The second kappa shape index (κ2) is 7.17. The topological polar surface area (TPSA) is 53.4 Å². The van der Waals surface area contributed by atoms with E-state index in [0.717, 1.165) is 34.6 Å². The van der Waals surface area contributed by atoms with Gasteiger partial charge in [0.2, 0.25) is 0 Å². The maximum absolute atomic E-state index is 4.48. The van der Waals surface area contributed by atoms with E-state index in [9.17, 15) is 0 Å². The van der Waals surface area contributed by atoms with Crippen molar-refractivity contribution >= 4 is 17.3 Å². The van der Waals surface area contributed by atoms with Crippen LogP contribution in [0.2, 0.25) is 0 Å². The second-order valence-corrected chi connectivity index (χ2v) is 5.95. The first kappa shape index (κ1) is 15.4. The van der Waals surface area contributed by atoms with Gasteiger partial charge < -0.3 is 10.2 Å². The van der Waals surface area contributed by atoms with Crippen molar-refractivity contribution in [3.63, 3.8) is 0 Å². The van der Waals surface area contributed by atoms with Crippen LogP contribution in [0.5, 0.6) is 0 Å². The van der Waals surface area contributed by atoms with Crippen molar-refractivity contribution in [1.29, 1.82) is 0 Å².